The Balaban J connectivity index is 2.01. The van der Waals surface area contributed by atoms with E-state index in [4.69, 9.17) is 16.0 Å². The maximum atomic E-state index is 12.3. The van der Waals surface area contributed by atoms with E-state index in [-0.39, 0.29) is 11.3 Å². The van der Waals surface area contributed by atoms with Crippen LogP contribution < -0.4 is 10.9 Å². The highest BCUT2D eigenvalue weighted by Gasteiger charge is 2.15. The second kappa shape index (κ2) is 6.06. The average molecular weight is 395 g/mol. The molecule has 0 unspecified atom stereocenters. The second-order valence-electron chi connectivity index (χ2n) is 4.75. The molecule has 1 aromatic heterocycles. The number of fused-ring (bicyclic) bond motifs is 1. The molecule has 23 heavy (non-hydrogen) atoms. The zero-order valence-corrected chi connectivity index (χ0v) is 13.8. The summed E-state index contributed by atoms with van der Waals surface area (Å²) in [5.74, 6) is -0.532. The second-order valence-corrected chi connectivity index (χ2v) is 6.05. The predicted octanol–water partition coefficient (Wildman–Crippen LogP) is 4.17. The van der Waals surface area contributed by atoms with Crippen molar-refractivity contribution in [2.75, 3.05) is 5.32 Å². The van der Waals surface area contributed by atoms with Gasteiger partial charge in [-0.15, -0.1) is 0 Å². The molecule has 2 aromatic carbocycles. The van der Waals surface area contributed by atoms with Crippen molar-refractivity contribution in [1.29, 1.82) is 0 Å². The third kappa shape index (κ3) is 3.23. The number of hydrogen-bond donors (Lipinski definition) is 2. The Bertz CT molecular complexity index is 966. The third-order valence-electron chi connectivity index (χ3n) is 3.12. The fourth-order valence-electron chi connectivity index (χ4n) is 2.06. The van der Waals surface area contributed by atoms with Gasteiger partial charge in [0.2, 0.25) is 0 Å². The van der Waals surface area contributed by atoms with E-state index in [1.807, 2.05) is 0 Å². The van der Waals surface area contributed by atoms with E-state index in [0.717, 1.165) is 0 Å². The number of aromatic hydroxyl groups is 1. The van der Waals surface area contributed by atoms with Gasteiger partial charge in [-0.3, -0.25) is 4.79 Å². The molecule has 0 fully saturated rings. The van der Waals surface area contributed by atoms with Crippen molar-refractivity contribution < 1.29 is 14.3 Å². The molecule has 0 radical (unpaired) electrons. The van der Waals surface area contributed by atoms with E-state index in [1.54, 1.807) is 12.1 Å². The molecule has 0 aliphatic heterocycles. The normalized spacial score (nSPS) is 10.7. The van der Waals surface area contributed by atoms with Crippen molar-refractivity contribution >= 4 is 50.1 Å². The molecule has 2 N–H and O–H groups in total. The van der Waals surface area contributed by atoms with Crippen LogP contribution in [-0.2, 0) is 0 Å². The van der Waals surface area contributed by atoms with Gasteiger partial charge in [-0.05, 0) is 58.4 Å². The monoisotopic (exact) mass is 393 g/mol. The SMILES string of the molecule is O=C(Nc1ccc(O)cc1)c1cc2cc(Cl)cc(Br)c2oc1=O. The molecule has 0 bridgehead atoms. The maximum Gasteiger partial charge on any atom is 0.349 e. The fraction of sp³-hybridized carbons (Fsp3) is 0. The summed E-state index contributed by atoms with van der Waals surface area (Å²) >= 11 is 9.23. The number of rotatable bonds is 2. The highest BCUT2D eigenvalue weighted by molar-refractivity contribution is 9.10. The van der Waals surface area contributed by atoms with Crippen LogP contribution in [0.3, 0.4) is 0 Å². The van der Waals surface area contributed by atoms with Crippen LogP contribution >= 0.6 is 27.5 Å². The number of amides is 1. The Hall–Kier alpha value is -2.31. The zero-order valence-electron chi connectivity index (χ0n) is 11.5. The highest BCUT2D eigenvalue weighted by Crippen LogP contribution is 2.28. The van der Waals surface area contributed by atoms with Gasteiger partial charge in [-0.1, -0.05) is 11.6 Å². The first-order valence-electron chi connectivity index (χ1n) is 6.47. The molecule has 0 aliphatic rings. The largest absolute Gasteiger partial charge is 0.508 e. The van der Waals surface area contributed by atoms with E-state index in [2.05, 4.69) is 21.2 Å². The first-order chi connectivity index (χ1) is 10.9. The van der Waals surface area contributed by atoms with Crippen LogP contribution in [0.5, 0.6) is 5.75 Å². The quantitative estimate of drug-likeness (QED) is 0.505. The van der Waals surface area contributed by atoms with Crippen LogP contribution in [0.25, 0.3) is 11.0 Å². The minimum Gasteiger partial charge on any atom is -0.508 e. The Morgan fingerprint density at radius 1 is 1.17 bits per heavy atom. The zero-order chi connectivity index (χ0) is 16.6. The molecule has 5 nitrogen and oxygen atoms in total. The molecule has 0 spiro atoms. The number of nitrogens with one attached hydrogen (secondary N) is 1. The predicted molar refractivity (Wildman–Crippen MR) is 91.3 cm³/mol. The Kier molecular flexibility index (Phi) is 4.11. The lowest BCUT2D eigenvalue weighted by Crippen LogP contribution is -2.20. The van der Waals surface area contributed by atoms with Gasteiger partial charge in [0.1, 0.15) is 11.3 Å². The summed E-state index contributed by atoms with van der Waals surface area (Å²) in [6.07, 6.45) is 0. The summed E-state index contributed by atoms with van der Waals surface area (Å²) in [6, 6.07) is 10.5. The van der Waals surface area contributed by atoms with Crippen LogP contribution in [0.2, 0.25) is 5.02 Å². The fourth-order valence-corrected chi connectivity index (χ4v) is 2.97. The molecule has 3 rings (SSSR count). The molecule has 0 saturated heterocycles. The van der Waals surface area contributed by atoms with Gasteiger partial charge < -0.3 is 14.8 Å². The van der Waals surface area contributed by atoms with Crippen LogP contribution in [0.15, 0.2) is 56.1 Å². The van der Waals surface area contributed by atoms with Crippen molar-refractivity contribution in [3.05, 3.63) is 67.9 Å². The van der Waals surface area contributed by atoms with Crippen molar-refractivity contribution in [3.8, 4) is 5.75 Å². The number of phenols is 1. The average Bonchev–Trinajstić information content (AvgIpc) is 2.50. The summed E-state index contributed by atoms with van der Waals surface area (Å²) in [5.41, 5.74) is -0.128. The van der Waals surface area contributed by atoms with Gasteiger partial charge in [0, 0.05) is 16.1 Å². The minimum absolute atomic E-state index is 0.0766. The maximum absolute atomic E-state index is 12.3. The number of carbonyl (C=O) groups excluding carboxylic acids is 1. The lowest BCUT2D eigenvalue weighted by molar-refractivity contribution is 0.102. The molecule has 0 atom stereocenters. The van der Waals surface area contributed by atoms with E-state index in [9.17, 15) is 14.7 Å². The molecule has 1 amide bonds. The molecule has 7 heteroatoms. The van der Waals surface area contributed by atoms with Gasteiger partial charge in [0.05, 0.1) is 4.47 Å². The number of phenolic OH excluding ortho intramolecular Hbond substituents is 1. The van der Waals surface area contributed by atoms with Gasteiger partial charge in [-0.25, -0.2) is 4.79 Å². The third-order valence-corrected chi connectivity index (χ3v) is 3.93. The molecule has 0 aliphatic carbocycles. The summed E-state index contributed by atoms with van der Waals surface area (Å²) in [7, 11) is 0. The van der Waals surface area contributed by atoms with Crippen LogP contribution in [0.1, 0.15) is 10.4 Å². The van der Waals surface area contributed by atoms with Gasteiger partial charge in [-0.2, -0.15) is 0 Å². The number of benzene rings is 2. The number of anilines is 1. The van der Waals surface area contributed by atoms with Crippen molar-refractivity contribution in [2.45, 2.75) is 0 Å². The van der Waals surface area contributed by atoms with Crippen molar-refractivity contribution in [3.63, 3.8) is 0 Å². The standard InChI is InChI=1S/C16H9BrClNO4/c17-13-7-9(18)5-8-6-12(16(22)23-14(8)13)15(21)19-10-1-3-11(20)4-2-10/h1-7,20H,(H,19,21). The molecule has 3 aromatic rings. The molecular weight excluding hydrogens is 386 g/mol. The summed E-state index contributed by atoms with van der Waals surface area (Å²) in [5, 5.41) is 12.8. The minimum atomic E-state index is -0.753. The van der Waals surface area contributed by atoms with Gasteiger partial charge in [0.15, 0.2) is 5.58 Å². The van der Waals surface area contributed by atoms with E-state index in [1.165, 1.54) is 30.3 Å². The number of carbonyl (C=O) groups is 1. The molecule has 116 valence electrons. The lowest BCUT2D eigenvalue weighted by Gasteiger charge is -2.06. The summed E-state index contributed by atoms with van der Waals surface area (Å²) in [4.78, 5) is 24.3. The summed E-state index contributed by atoms with van der Waals surface area (Å²) in [6.45, 7) is 0. The first-order valence-corrected chi connectivity index (χ1v) is 7.64. The van der Waals surface area contributed by atoms with Gasteiger partial charge in [0.25, 0.3) is 5.91 Å². The molecule has 1 heterocycles. The van der Waals surface area contributed by atoms with E-state index < -0.39 is 11.5 Å². The number of halogens is 2. The number of hydrogen-bond acceptors (Lipinski definition) is 4. The highest BCUT2D eigenvalue weighted by atomic mass is 79.9. The van der Waals surface area contributed by atoms with Crippen LogP contribution in [-0.4, -0.2) is 11.0 Å². The smallest absolute Gasteiger partial charge is 0.349 e. The van der Waals surface area contributed by atoms with Crippen molar-refractivity contribution in [1.82, 2.24) is 0 Å². The summed E-state index contributed by atoms with van der Waals surface area (Å²) < 4.78 is 5.72. The Morgan fingerprint density at radius 3 is 2.57 bits per heavy atom. The molecular formula is C16H9BrClNO4. The lowest BCUT2D eigenvalue weighted by atomic mass is 10.1. The van der Waals surface area contributed by atoms with Crippen molar-refractivity contribution in [2.24, 2.45) is 0 Å². The first kappa shape index (κ1) is 15.6. The van der Waals surface area contributed by atoms with Crippen LogP contribution in [0.4, 0.5) is 5.69 Å². The Labute approximate surface area is 143 Å². The topological polar surface area (TPSA) is 79.5 Å². The van der Waals surface area contributed by atoms with E-state index >= 15 is 0 Å². The molecule has 0 saturated carbocycles. The Morgan fingerprint density at radius 2 is 1.87 bits per heavy atom. The van der Waals surface area contributed by atoms with Crippen LogP contribution in [0, 0.1) is 0 Å². The van der Waals surface area contributed by atoms with Gasteiger partial charge >= 0.3 is 5.63 Å². The van der Waals surface area contributed by atoms with E-state index in [0.29, 0.717) is 26.2 Å².